The standard InChI is InChI=1S/C15H21N5/c1-11-8-15(18-17-12(11)2)19(3)9-13-4-5-14-16-6-7-20(14)10-13/h6-8,13H,4-5,9-10H2,1-3H3. The monoisotopic (exact) mass is 271 g/mol. The lowest BCUT2D eigenvalue weighted by molar-refractivity contribution is 0.368. The van der Waals surface area contributed by atoms with Crippen molar-refractivity contribution in [1.29, 1.82) is 0 Å². The van der Waals surface area contributed by atoms with Crippen molar-refractivity contribution in [3.63, 3.8) is 0 Å². The highest BCUT2D eigenvalue weighted by molar-refractivity contribution is 5.39. The van der Waals surface area contributed by atoms with E-state index in [-0.39, 0.29) is 0 Å². The van der Waals surface area contributed by atoms with Crippen LogP contribution in [0.3, 0.4) is 0 Å². The van der Waals surface area contributed by atoms with E-state index >= 15 is 0 Å². The maximum atomic E-state index is 4.38. The Morgan fingerprint density at radius 1 is 1.35 bits per heavy atom. The first-order valence-electron chi connectivity index (χ1n) is 7.15. The fourth-order valence-corrected chi connectivity index (χ4v) is 2.79. The van der Waals surface area contributed by atoms with Crippen LogP contribution in [0.4, 0.5) is 5.82 Å². The highest BCUT2D eigenvalue weighted by Crippen LogP contribution is 2.21. The van der Waals surface area contributed by atoms with Gasteiger partial charge in [0.2, 0.25) is 0 Å². The Labute approximate surface area is 119 Å². The van der Waals surface area contributed by atoms with Crippen LogP contribution < -0.4 is 4.90 Å². The lowest BCUT2D eigenvalue weighted by Crippen LogP contribution is -2.32. The topological polar surface area (TPSA) is 46.8 Å². The smallest absolute Gasteiger partial charge is 0.151 e. The number of nitrogens with zero attached hydrogens (tertiary/aromatic N) is 5. The maximum Gasteiger partial charge on any atom is 0.151 e. The molecule has 0 bridgehead atoms. The molecule has 1 aliphatic heterocycles. The zero-order valence-electron chi connectivity index (χ0n) is 12.4. The van der Waals surface area contributed by atoms with Crippen molar-refractivity contribution in [2.45, 2.75) is 33.2 Å². The number of aromatic nitrogens is 4. The summed E-state index contributed by atoms with van der Waals surface area (Å²) in [6.07, 6.45) is 6.25. The van der Waals surface area contributed by atoms with Gasteiger partial charge in [0, 0.05) is 39.0 Å². The summed E-state index contributed by atoms with van der Waals surface area (Å²) in [6, 6.07) is 2.12. The van der Waals surface area contributed by atoms with E-state index in [9.17, 15) is 0 Å². The van der Waals surface area contributed by atoms with Crippen LogP contribution in [0.5, 0.6) is 0 Å². The molecule has 0 aromatic carbocycles. The summed E-state index contributed by atoms with van der Waals surface area (Å²) < 4.78 is 2.27. The summed E-state index contributed by atoms with van der Waals surface area (Å²) in [4.78, 5) is 6.59. The molecule has 106 valence electrons. The Morgan fingerprint density at radius 2 is 2.20 bits per heavy atom. The molecule has 0 aliphatic carbocycles. The summed E-state index contributed by atoms with van der Waals surface area (Å²) in [6.45, 7) is 6.14. The fraction of sp³-hybridized carbons (Fsp3) is 0.533. The molecule has 20 heavy (non-hydrogen) atoms. The fourth-order valence-electron chi connectivity index (χ4n) is 2.79. The van der Waals surface area contributed by atoms with Crippen molar-refractivity contribution in [2.24, 2.45) is 5.92 Å². The molecule has 1 aliphatic rings. The van der Waals surface area contributed by atoms with E-state index in [1.807, 2.05) is 13.1 Å². The molecule has 0 amide bonds. The van der Waals surface area contributed by atoms with Crippen molar-refractivity contribution in [3.8, 4) is 0 Å². The van der Waals surface area contributed by atoms with Gasteiger partial charge in [0.25, 0.3) is 0 Å². The van der Waals surface area contributed by atoms with Gasteiger partial charge in [-0.25, -0.2) is 4.98 Å². The van der Waals surface area contributed by atoms with Gasteiger partial charge < -0.3 is 9.47 Å². The highest BCUT2D eigenvalue weighted by atomic mass is 15.2. The zero-order chi connectivity index (χ0) is 14.1. The van der Waals surface area contributed by atoms with E-state index in [2.05, 4.69) is 50.9 Å². The first-order valence-corrected chi connectivity index (χ1v) is 7.15. The molecular weight excluding hydrogens is 250 g/mol. The van der Waals surface area contributed by atoms with E-state index in [1.54, 1.807) is 0 Å². The number of imidazole rings is 1. The van der Waals surface area contributed by atoms with Gasteiger partial charge in [0.15, 0.2) is 5.82 Å². The minimum atomic E-state index is 0.644. The van der Waals surface area contributed by atoms with Gasteiger partial charge in [0.05, 0.1) is 5.69 Å². The van der Waals surface area contributed by atoms with Crippen LogP contribution in [-0.4, -0.2) is 33.3 Å². The number of aryl methyl sites for hydroxylation is 3. The van der Waals surface area contributed by atoms with E-state index in [4.69, 9.17) is 0 Å². The molecule has 2 aromatic heterocycles. The van der Waals surface area contributed by atoms with E-state index in [0.29, 0.717) is 5.92 Å². The molecule has 3 heterocycles. The summed E-state index contributed by atoms with van der Waals surface area (Å²) in [7, 11) is 2.10. The Bertz CT molecular complexity index is 604. The number of hydrogen-bond acceptors (Lipinski definition) is 4. The van der Waals surface area contributed by atoms with Crippen molar-refractivity contribution in [1.82, 2.24) is 19.7 Å². The largest absolute Gasteiger partial charge is 0.358 e. The maximum absolute atomic E-state index is 4.38. The highest BCUT2D eigenvalue weighted by Gasteiger charge is 2.20. The molecule has 0 fully saturated rings. The zero-order valence-corrected chi connectivity index (χ0v) is 12.4. The van der Waals surface area contributed by atoms with Gasteiger partial charge in [-0.2, -0.15) is 5.10 Å². The van der Waals surface area contributed by atoms with E-state index in [1.165, 1.54) is 17.8 Å². The van der Waals surface area contributed by atoms with Crippen LogP contribution >= 0.6 is 0 Å². The third kappa shape index (κ3) is 2.53. The van der Waals surface area contributed by atoms with E-state index in [0.717, 1.165) is 31.0 Å². The van der Waals surface area contributed by atoms with Crippen molar-refractivity contribution in [2.75, 3.05) is 18.5 Å². The molecule has 0 spiro atoms. The second kappa shape index (κ2) is 5.23. The lowest BCUT2D eigenvalue weighted by atomic mass is 9.99. The third-order valence-electron chi connectivity index (χ3n) is 4.17. The summed E-state index contributed by atoms with van der Waals surface area (Å²) in [5, 5.41) is 8.51. The van der Waals surface area contributed by atoms with Crippen LogP contribution in [0, 0.1) is 19.8 Å². The molecule has 3 rings (SSSR count). The minimum Gasteiger partial charge on any atom is -0.358 e. The molecule has 5 nitrogen and oxygen atoms in total. The van der Waals surface area contributed by atoms with Gasteiger partial charge in [-0.1, -0.05) is 0 Å². The Balaban J connectivity index is 1.67. The second-order valence-electron chi connectivity index (χ2n) is 5.75. The molecule has 5 heteroatoms. The molecule has 0 N–H and O–H groups in total. The molecular formula is C15H21N5. The van der Waals surface area contributed by atoms with Crippen molar-refractivity contribution >= 4 is 5.82 Å². The van der Waals surface area contributed by atoms with Gasteiger partial charge >= 0.3 is 0 Å². The van der Waals surface area contributed by atoms with Crippen LogP contribution in [0.2, 0.25) is 0 Å². The molecule has 0 saturated heterocycles. The number of fused-ring (bicyclic) bond motifs is 1. The van der Waals surface area contributed by atoms with Crippen LogP contribution in [0.25, 0.3) is 0 Å². The molecule has 2 aromatic rings. The van der Waals surface area contributed by atoms with Crippen molar-refractivity contribution in [3.05, 3.63) is 35.5 Å². The predicted octanol–water partition coefficient (Wildman–Crippen LogP) is 1.99. The molecule has 0 radical (unpaired) electrons. The molecule has 1 atom stereocenters. The summed E-state index contributed by atoms with van der Waals surface area (Å²) in [5.41, 5.74) is 2.20. The average Bonchev–Trinajstić information content (AvgIpc) is 2.89. The van der Waals surface area contributed by atoms with Gasteiger partial charge in [0.1, 0.15) is 5.82 Å². The number of anilines is 1. The summed E-state index contributed by atoms with van der Waals surface area (Å²) in [5.74, 6) is 2.82. The van der Waals surface area contributed by atoms with Crippen molar-refractivity contribution < 1.29 is 0 Å². The Hall–Kier alpha value is -1.91. The van der Waals surface area contributed by atoms with Crippen LogP contribution in [-0.2, 0) is 13.0 Å². The molecule has 1 unspecified atom stereocenters. The minimum absolute atomic E-state index is 0.644. The normalized spacial score (nSPS) is 17.9. The van der Waals surface area contributed by atoms with Gasteiger partial charge in [-0.3, -0.25) is 0 Å². The first kappa shape index (κ1) is 13.1. The van der Waals surface area contributed by atoms with Gasteiger partial charge in [-0.15, -0.1) is 5.10 Å². The SMILES string of the molecule is Cc1cc(N(C)CC2CCc3nccn3C2)nnc1C. The summed E-state index contributed by atoms with van der Waals surface area (Å²) >= 11 is 0. The Morgan fingerprint density at radius 3 is 3.00 bits per heavy atom. The average molecular weight is 271 g/mol. The lowest BCUT2D eigenvalue weighted by Gasteiger charge is -2.28. The predicted molar refractivity (Wildman–Crippen MR) is 78.8 cm³/mol. The van der Waals surface area contributed by atoms with E-state index < -0.39 is 0 Å². The quantitative estimate of drug-likeness (QED) is 0.856. The van der Waals surface area contributed by atoms with Crippen LogP contribution in [0.15, 0.2) is 18.5 Å². The second-order valence-corrected chi connectivity index (χ2v) is 5.75. The van der Waals surface area contributed by atoms with Gasteiger partial charge in [-0.05, 0) is 37.8 Å². The third-order valence-corrected chi connectivity index (χ3v) is 4.17. The first-order chi connectivity index (χ1) is 9.63. The number of rotatable bonds is 3. The van der Waals surface area contributed by atoms with Crippen LogP contribution in [0.1, 0.15) is 23.5 Å². The molecule has 0 saturated carbocycles. The Kier molecular flexibility index (Phi) is 3.42. The number of hydrogen-bond donors (Lipinski definition) is 0.